The van der Waals surface area contributed by atoms with Crippen molar-refractivity contribution in [3.63, 3.8) is 0 Å². The predicted octanol–water partition coefficient (Wildman–Crippen LogP) is 3.81. The van der Waals surface area contributed by atoms with Crippen molar-refractivity contribution in [1.29, 1.82) is 0 Å². The molecule has 2 atom stereocenters. The molecule has 2 amide bonds. The Bertz CT molecular complexity index is 996. The fourth-order valence-corrected chi connectivity index (χ4v) is 4.39. The number of aryl methyl sites for hydroxylation is 3. The molecule has 146 valence electrons. The van der Waals surface area contributed by atoms with Crippen LogP contribution < -0.4 is 10.6 Å². The zero-order chi connectivity index (χ0) is 19.7. The fourth-order valence-electron chi connectivity index (χ4n) is 3.49. The third kappa shape index (κ3) is 3.79. The summed E-state index contributed by atoms with van der Waals surface area (Å²) < 4.78 is 7.70. The van der Waals surface area contributed by atoms with Crippen molar-refractivity contribution in [1.82, 2.24) is 19.9 Å². The number of ether oxygens (including phenoxy) is 1. The molecule has 0 radical (unpaired) electrons. The summed E-state index contributed by atoms with van der Waals surface area (Å²) in [7, 11) is 1.92. The molecule has 2 N–H and O–H groups in total. The van der Waals surface area contributed by atoms with Gasteiger partial charge in [0.05, 0.1) is 10.9 Å². The molecule has 1 aliphatic rings. The first-order valence-electron chi connectivity index (χ1n) is 9.21. The van der Waals surface area contributed by atoms with E-state index in [9.17, 15) is 4.79 Å². The average molecular weight is 398 g/mol. The Kier molecular flexibility index (Phi) is 5.15. The molecule has 0 aliphatic carbocycles. The van der Waals surface area contributed by atoms with Gasteiger partial charge in [0, 0.05) is 32.2 Å². The summed E-state index contributed by atoms with van der Waals surface area (Å²) >= 11 is 1.46. The number of urea groups is 1. The normalized spacial score (nSPS) is 19.0. The first kappa shape index (κ1) is 18.6. The number of thiazole rings is 1. The highest BCUT2D eigenvalue weighted by molar-refractivity contribution is 7.19. The van der Waals surface area contributed by atoms with Crippen LogP contribution in [0.15, 0.2) is 36.8 Å². The van der Waals surface area contributed by atoms with Crippen LogP contribution in [0.5, 0.6) is 0 Å². The van der Waals surface area contributed by atoms with Gasteiger partial charge in [-0.05, 0) is 31.4 Å². The zero-order valence-corrected chi connectivity index (χ0v) is 16.9. The molecule has 1 fully saturated rings. The Morgan fingerprint density at radius 3 is 2.93 bits per heavy atom. The highest BCUT2D eigenvalue weighted by Crippen LogP contribution is 2.32. The van der Waals surface area contributed by atoms with E-state index < -0.39 is 0 Å². The van der Waals surface area contributed by atoms with Crippen molar-refractivity contribution in [2.24, 2.45) is 7.05 Å². The van der Waals surface area contributed by atoms with Crippen molar-refractivity contribution in [3.05, 3.63) is 53.7 Å². The third-order valence-corrected chi connectivity index (χ3v) is 5.84. The van der Waals surface area contributed by atoms with Gasteiger partial charge in [-0.2, -0.15) is 0 Å². The van der Waals surface area contributed by atoms with Crippen LogP contribution >= 0.6 is 11.3 Å². The van der Waals surface area contributed by atoms with Crippen LogP contribution in [0.3, 0.4) is 0 Å². The minimum absolute atomic E-state index is 0.125. The number of carbonyl (C=O) groups is 1. The van der Waals surface area contributed by atoms with Crippen molar-refractivity contribution >= 4 is 22.5 Å². The number of rotatable bonds is 4. The van der Waals surface area contributed by atoms with E-state index in [1.165, 1.54) is 22.5 Å². The summed E-state index contributed by atoms with van der Waals surface area (Å²) in [6.07, 6.45) is 5.91. The molecule has 0 saturated carbocycles. The second kappa shape index (κ2) is 7.73. The number of hydrogen-bond donors (Lipinski definition) is 2. The number of nitrogens with zero attached hydrogens (tertiary/aromatic N) is 3. The van der Waals surface area contributed by atoms with Gasteiger partial charge in [-0.1, -0.05) is 35.1 Å². The summed E-state index contributed by atoms with van der Waals surface area (Å²) in [5.41, 5.74) is 3.56. The molecule has 4 rings (SSSR count). The lowest BCUT2D eigenvalue weighted by molar-refractivity contribution is 0.0913. The van der Waals surface area contributed by atoms with Gasteiger partial charge in [0.25, 0.3) is 0 Å². The Hall–Kier alpha value is -2.71. The smallest absolute Gasteiger partial charge is 0.321 e. The fraction of sp³-hybridized carbons (Fsp3) is 0.350. The topological polar surface area (TPSA) is 81.1 Å². The molecule has 3 heterocycles. The van der Waals surface area contributed by atoms with Gasteiger partial charge >= 0.3 is 6.03 Å². The number of carbonyl (C=O) groups excluding carboxylic acids is 1. The second-order valence-electron chi connectivity index (χ2n) is 7.03. The van der Waals surface area contributed by atoms with Gasteiger partial charge < -0.3 is 14.6 Å². The van der Waals surface area contributed by atoms with Gasteiger partial charge in [-0.15, -0.1) is 0 Å². The quantitative estimate of drug-likeness (QED) is 0.701. The van der Waals surface area contributed by atoms with E-state index in [0.717, 1.165) is 22.7 Å². The average Bonchev–Trinajstić information content (AvgIpc) is 3.36. The monoisotopic (exact) mass is 397 g/mol. The van der Waals surface area contributed by atoms with Crippen LogP contribution in [0.4, 0.5) is 9.93 Å². The second-order valence-corrected chi connectivity index (χ2v) is 8.06. The highest BCUT2D eigenvalue weighted by atomic mass is 32.1. The van der Waals surface area contributed by atoms with E-state index >= 15 is 0 Å². The van der Waals surface area contributed by atoms with Crippen LogP contribution in [-0.4, -0.2) is 33.2 Å². The Balaban J connectivity index is 1.42. The van der Waals surface area contributed by atoms with Crippen LogP contribution in [0.25, 0.3) is 10.4 Å². The molecule has 7 nitrogen and oxygen atoms in total. The summed E-state index contributed by atoms with van der Waals surface area (Å²) in [6.45, 7) is 4.75. The molecule has 28 heavy (non-hydrogen) atoms. The summed E-state index contributed by atoms with van der Waals surface area (Å²) in [6, 6.07) is 5.91. The maximum atomic E-state index is 12.5. The molecule has 1 aromatic carbocycles. The minimum Gasteiger partial charge on any atom is -0.368 e. The number of hydrogen-bond acceptors (Lipinski definition) is 5. The molecule has 8 heteroatoms. The third-order valence-electron chi connectivity index (χ3n) is 4.89. The standard InChI is InChI=1S/C20H23N5O2S/c1-12-4-5-14(13(2)10-12)16-11-22-20(28-16)24-19(26)23-15-6-9-27-17(15)18-21-7-8-25(18)3/h4-5,7-8,10-11,15,17H,6,9H2,1-3H3,(H2,22,23,24,26)/t15-,17-/m1/s1. The van der Waals surface area contributed by atoms with Crippen molar-refractivity contribution in [2.45, 2.75) is 32.4 Å². The van der Waals surface area contributed by atoms with Crippen LogP contribution in [0.1, 0.15) is 29.5 Å². The molecule has 1 saturated heterocycles. The van der Waals surface area contributed by atoms with Gasteiger partial charge in [-0.3, -0.25) is 5.32 Å². The SMILES string of the molecule is Cc1ccc(-c2cnc(NC(=O)N[C@@H]3CCO[C@H]3c3nccn3C)s2)c(C)c1. The van der Waals surface area contributed by atoms with E-state index in [2.05, 4.69) is 52.6 Å². The maximum absolute atomic E-state index is 12.5. The van der Waals surface area contributed by atoms with Crippen molar-refractivity contribution in [2.75, 3.05) is 11.9 Å². The Morgan fingerprint density at radius 1 is 1.32 bits per heavy atom. The molecule has 1 aliphatic heterocycles. The maximum Gasteiger partial charge on any atom is 0.321 e. The lowest BCUT2D eigenvalue weighted by Crippen LogP contribution is -2.40. The predicted molar refractivity (Wildman–Crippen MR) is 109 cm³/mol. The van der Waals surface area contributed by atoms with Crippen LogP contribution in [0.2, 0.25) is 0 Å². The Morgan fingerprint density at radius 2 is 2.18 bits per heavy atom. The molecule has 3 aromatic rings. The molecule has 0 bridgehead atoms. The molecular formula is C20H23N5O2S. The molecule has 0 unspecified atom stereocenters. The van der Waals surface area contributed by atoms with E-state index in [1.807, 2.05) is 17.8 Å². The highest BCUT2D eigenvalue weighted by Gasteiger charge is 2.33. The van der Waals surface area contributed by atoms with E-state index in [4.69, 9.17) is 4.74 Å². The first-order valence-corrected chi connectivity index (χ1v) is 10.0. The first-order chi connectivity index (χ1) is 13.5. The van der Waals surface area contributed by atoms with Gasteiger partial charge in [0.15, 0.2) is 5.13 Å². The summed E-state index contributed by atoms with van der Waals surface area (Å²) in [5.74, 6) is 0.814. The van der Waals surface area contributed by atoms with Gasteiger partial charge in [-0.25, -0.2) is 14.8 Å². The molecule has 2 aromatic heterocycles. The number of aromatic nitrogens is 3. The summed E-state index contributed by atoms with van der Waals surface area (Å²) in [4.78, 5) is 22.2. The van der Waals surface area contributed by atoms with Crippen LogP contribution in [-0.2, 0) is 11.8 Å². The lowest BCUT2D eigenvalue weighted by atomic mass is 10.1. The molecule has 0 spiro atoms. The number of imidazole rings is 1. The Labute approximate surface area is 167 Å². The van der Waals surface area contributed by atoms with Crippen molar-refractivity contribution in [3.8, 4) is 10.4 Å². The van der Waals surface area contributed by atoms with Gasteiger partial charge in [0.2, 0.25) is 0 Å². The molecular weight excluding hydrogens is 374 g/mol. The van der Waals surface area contributed by atoms with Crippen LogP contribution in [0, 0.1) is 13.8 Å². The minimum atomic E-state index is -0.281. The van der Waals surface area contributed by atoms with Crippen molar-refractivity contribution < 1.29 is 9.53 Å². The number of anilines is 1. The number of amides is 2. The van der Waals surface area contributed by atoms with Gasteiger partial charge in [0.1, 0.15) is 11.9 Å². The van der Waals surface area contributed by atoms with E-state index in [0.29, 0.717) is 11.7 Å². The number of benzene rings is 1. The van der Waals surface area contributed by atoms with E-state index in [-0.39, 0.29) is 18.2 Å². The number of nitrogens with one attached hydrogen (secondary N) is 2. The largest absolute Gasteiger partial charge is 0.368 e. The zero-order valence-electron chi connectivity index (χ0n) is 16.1. The van der Waals surface area contributed by atoms with E-state index in [1.54, 1.807) is 12.4 Å². The summed E-state index contributed by atoms with van der Waals surface area (Å²) in [5, 5.41) is 6.41. The lowest BCUT2D eigenvalue weighted by Gasteiger charge is -2.19.